The molecule has 1 fully saturated rings. The normalized spacial score (nSPS) is 14.3. The maximum atomic E-state index is 6.14. The van der Waals surface area contributed by atoms with Gasteiger partial charge in [-0.1, -0.05) is 54.1 Å². The molecule has 3 heteroatoms. The smallest absolute Gasteiger partial charge is 0.0735 e. The van der Waals surface area contributed by atoms with Crippen LogP contribution >= 0.6 is 11.6 Å². The Balaban J connectivity index is 1.55. The second kappa shape index (κ2) is 7.08. The molecule has 3 rings (SSSR count). The molecular formula is C18H20ClNO. The van der Waals surface area contributed by atoms with Gasteiger partial charge >= 0.3 is 0 Å². The Bertz CT molecular complexity index is 595. The molecule has 0 saturated heterocycles. The molecule has 21 heavy (non-hydrogen) atoms. The van der Waals surface area contributed by atoms with Crippen LogP contribution in [0.25, 0.3) is 0 Å². The first-order valence-corrected chi connectivity index (χ1v) is 7.82. The summed E-state index contributed by atoms with van der Waals surface area (Å²) in [5.74, 6) is 0. The van der Waals surface area contributed by atoms with Crippen molar-refractivity contribution in [2.45, 2.75) is 38.6 Å². The zero-order valence-electron chi connectivity index (χ0n) is 12.0. The van der Waals surface area contributed by atoms with Crippen molar-refractivity contribution >= 4 is 11.6 Å². The van der Waals surface area contributed by atoms with E-state index in [4.69, 9.17) is 16.3 Å². The van der Waals surface area contributed by atoms with Crippen molar-refractivity contribution in [3.63, 3.8) is 0 Å². The lowest BCUT2D eigenvalue weighted by molar-refractivity contribution is 0.106. The molecular weight excluding hydrogens is 282 g/mol. The van der Waals surface area contributed by atoms with E-state index >= 15 is 0 Å². The van der Waals surface area contributed by atoms with Crippen LogP contribution in [0.1, 0.15) is 29.5 Å². The van der Waals surface area contributed by atoms with Crippen LogP contribution in [0.5, 0.6) is 0 Å². The highest BCUT2D eigenvalue weighted by Crippen LogP contribution is 2.21. The van der Waals surface area contributed by atoms with Crippen LogP contribution in [0.4, 0.5) is 0 Å². The summed E-state index contributed by atoms with van der Waals surface area (Å²) in [6.07, 6.45) is 2.62. The summed E-state index contributed by atoms with van der Waals surface area (Å²) in [6, 6.07) is 17.0. The zero-order valence-corrected chi connectivity index (χ0v) is 12.8. The van der Waals surface area contributed by atoms with Gasteiger partial charge in [-0.05, 0) is 35.6 Å². The molecule has 0 unspecified atom stereocenters. The van der Waals surface area contributed by atoms with Crippen molar-refractivity contribution in [1.29, 1.82) is 0 Å². The lowest BCUT2D eigenvalue weighted by atomic mass is 10.1. The molecule has 2 aromatic rings. The van der Waals surface area contributed by atoms with Gasteiger partial charge < -0.3 is 10.1 Å². The second-order valence-electron chi connectivity index (χ2n) is 5.51. The second-order valence-corrected chi connectivity index (χ2v) is 5.92. The first-order valence-electron chi connectivity index (χ1n) is 7.44. The maximum Gasteiger partial charge on any atom is 0.0735 e. The summed E-state index contributed by atoms with van der Waals surface area (Å²) in [7, 11) is 0. The van der Waals surface area contributed by atoms with Crippen molar-refractivity contribution in [3.05, 3.63) is 70.2 Å². The molecule has 1 aliphatic rings. The number of hydrogen-bond donors (Lipinski definition) is 1. The van der Waals surface area contributed by atoms with Gasteiger partial charge in [-0.25, -0.2) is 0 Å². The van der Waals surface area contributed by atoms with Crippen molar-refractivity contribution in [2.75, 3.05) is 0 Å². The van der Waals surface area contributed by atoms with Crippen LogP contribution in [0, 0.1) is 0 Å². The molecule has 0 radical (unpaired) electrons. The Hall–Kier alpha value is -1.35. The maximum absolute atomic E-state index is 6.14. The predicted octanol–water partition coefficient (Wildman–Crippen LogP) is 4.31. The first kappa shape index (κ1) is 14.6. The molecule has 0 aromatic heterocycles. The van der Waals surface area contributed by atoms with E-state index in [9.17, 15) is 0 Å². The van der Waals surface area contributed by atoms with Crippen LogP contribution in [0.15, 0.2) is 48.5 Å². The van der Waals surface area contributed by atoms with Gasteiger partial charge in [-0.3, -0.25) is 0 Å². The van der Waals surface area contributed by atoms with E-state index in [-0.39, 0.29) is 0 Å². The number of benzene rings is 2. The van der Waals surface area contributed by atoms with E-state index in [1.165, 1.54) is 24.0 Å². The summed E-state index contributed by atoms with van der Waals surface area (Å²) >= 11 is 6.14. The molecule has 0 atom stereocenters. The fourth-order valence-corrected chi connectivity index (χ4v) is 2.49. The molecule has 2 nitrogen and oxygen atoms in total. The average Bonchev–Trinajstić information content (AvgIpc) is 3.32. The quantitative estimate of drug-likeness (QED) is 0.823. The topological polar surface area (TPSA) is 21.3 Å². The van der Waals surface area contributed by atoms with Gasteiger partial charge in [-0.2, -0.15) is 0 Å². The summed E-state index contributed by atoms with van der Waals surface area (Å²) in [5, 5.41) is 4.32. The highest BCUT2D eigenvalue weighted by atomic mass is 35.5. The van der Waals surface area contributed by atoms with Crippen molar-refractivity contribution < 1.29 is 4.74 Å². The van der Waals surface area contributed by atoms with Crippen LogP contribution in [0.2, 0.25) is 5.02 Å². The summed E-state index contributed by atoms with van der Waals surface area (Å²) in [4.78, 5) is 0. The zero-order chi connectivity index (χ0) is 14.5. The molecule has 110 valence electrons. The largest absolute Gasteiger partial charge is 0.372 e. The van der Waals surface area contributed by atoms with E-state index < -0.39 is 0 Å². The van der Waals surface area contributed by atoms with E-state index in [1.807, 2.05) is 24.3 Å². The number of halogens is 1. The van der Waals surface area contributed by atoms with Crippen LogP contribution in [0.3, 0.4) is 0 Å². The number of rotatable bonds is 7. The van der Waals surface area contributed by atoms with Crippen molar-refractivity contribution in [3.8, 4) is 0 Å². The van der Waals surface area contributed by atoms with E-state index in [2.05, 4.69) is 29.6 Å². The highest BCUT2D eigenvalue weighted by Gasteiger charge is 2.20. The summed E-state index contributed by atoms with van der Waals surface area (Å²) in [5.41, 5.74) is 3.61. The summed E-state index contributed by atoms with van der Waals surface area (Å²) < 4.78 is 5.84. The van der Waals surface area contributed by atoms with Crippen molar-refractivity contribution in [2.24, 2.45) is 0 Å². The Kier molecular flexibility index (Phi) is 4.91. The Morgan fingerprint density at radius 1 is 0.905 bits per heavy atom. The molecule has 0 heterocycles. The van der Waals surface area contributed by atoms with E-state index in [0.717, 1.165) is 23.2 Å². The van der Waals surface area contributed by atoms with Crippen LogP contribution in [-0.4, -0.2) is 6.04 Å². The number of nitrogens with one attached hydrogen (secondary N) is 1. The van der Waals surface area contributed by atoms with E-state index in [0.29, 0.717) is 13.2 Å². The third-order valence-electron chi connectivity index (χ3n) is 3.75. The Morgan fingerprint density at radius 3 is 2.24 bits per heavy atom. The molecule has 2 aromatic carbocycles. The molecule has 1 saturated carbocycles. The Morgan fingerprint density at radius 2 is 1.52 bits per heavy atom. The standard InChI is InChI=1S/C18H20ClNO/c19-18-8-4-3-7-16(18)13-21-12-15-6-2-1-5-14(15)11-20-17-9-10-17/h1-8,17,20H,9-13H2. The molecule has 1 aliphatic carbocycles. The van der Waals surface area contributed by atoms with Gasteiger partial charge in [0.05, 0.1) is 13.2 Å². The van der Waals surface area contributed by atoms with Gasteiger partial charge in [0.2, 0.25) is 0 Å². The number of hydrogen-bond acceptors (Lipinski definition) is 2. The molecule has 0 spiro atoms. The average molecular weight is 302 g/mol. The molecule has 0 amide bonds. The third-order valence-corrected chi connectivity index (χ3v) is 4.12. The van der Waals surface area contributed by atoms with Gasteiger partial charge in [0.1, 0.15) is 0 Å². The van der Waals surface area contributed by atoms with Crippen LogP contribution in [-0.2, 0) is 24.5 Å². The minimum atomic E-state index is 0.546. The van der Waals surface area contributed by atoms with Crippen molar-refractivity contribution in [1.82, 2.24) is 5.32 Å². The SMILES string of the molecule is Clc1ccccc1COCc1ccccc1CNC1CC1. The predicted molar refractivity (Wildman–Crippen MR) is 86.2 cm³/mol. The first-order chi connectivity index (χ1) is 10.3. The molecule has 1 N–H and O–H groups in total. The van der Waals surface area contributed by atoms with Gasteiger partial charge in [0.25, 0.3) is 0 Å². The monoisotopic (exact) mass is 301 g/mol. The number of ether oxygens (including phenoxy) is 1. The van der Waals surface area contributed by atoms with Crippen LogP contribution < -0.4 is 5.32 Å². The third kappa shape index (κ3) is 4.31. The highest BCUT2D eigenvalue weighted by molar-refractivity contribution is 6.31. The molecule has 0 aliphatic heterocycles. The summed E-state index contributed by atoms with van der Waals surface area (Å²) in [6.45, 7) is 2.09. The van der Waals surface area contributed by atoms with E-state index in [1.54, 1.807) is 0 Å². The fraction of sp³-hybridized carbons (Fsp3) is 0.333. The fourth-order valence-electron chi connectivity index (χ4n) is 2.30. The molecule has 0 bridgehead atoms. The lowest BCUT2D eigenvalue weighted by Gasteiger charge is -2.11. The minimum Gasteiger partial charge on any atom is -0.372 e. The van der Waals surface area contributed by atoms with Gasteiger partial charge in [-0.15, -0.1) is 0 Å². The minimum absolute atomic E-state index is 0.546. The van der Waals surface area contributed by atoms with Gasteiger partial charge in [0, 0.05) is 17.6 Å². The van der Waals surface area contributed by atoms with Gasteiger partial charge in [0.15, 0.2) is 0 Å². The lowest BCUT2D eigenvalue weighted by Crippen LogP contribution is -2.16. The Labute approximate surface area is 131 Å².